The monoisotopic (exact) mass is 244 g/mol. The van der Waals surface area contributed by atoms with Gasteiger partial charge in [0.15, 0.2) is 0 Å². The minimum Gasteiger partial charge on any atom is -0.460 e. The van der Waals surface area contributed by atoms with Gasteiger partial charge in [-0.05, 0) is 29.0 Å². The smallest absolute Gasteiger partial charge is 0.338 e. The molecule has 2 aromatic rings. The van der Waals surface area contributed by atoms with E-state index in [0.717, 1.165) is 17.1 Å². The Morgan fingerprint density at radius 3 is 2.61 bits per heavy atom. The molecule has 0 bridgehead atoms. The lowest BCUT2D eigenvalue weighted by Gasteiger charge is -2.04. The molecule has 92 valence electrons. The Hall–Kier alpha value is -2.20. The van der Waals surface area contributed by atoms with Crippen LogP contribution in [0.3, 0.4) is 0 Å². The quantitative estimate of drug-likeness (QED) is 0.658. The summed E-state index contributed by atoms with van der Waals surface area (Å²) in [6.45, 7) is -0.205. The van der Waals surface area contributed by atoms with Gasteiger partial charge in [-0.1, -0.05) is 18.2 Å². The molecule has 0 saturated heterocycles. The zero-order valence-electron chi connectivity index (χ0n) is 9.63. The van der Waals surface area contributed by atoms with Crippen molar-refractivity contribution in [3.63, 3.8) is 0 Å². The molecule has 0 spiro atoms. The minimum atomic E-state index is -0.467. The third-order valence-corrected chi connectivity index (χ3v) is 2.56. The van der Waals surface area contributed by atoms with Crippen LogP contribution in [-0.2, 0) is 4.74 Å². The Morgan fingerprint density at radius 2 is 1.89 bits per heavy atom. The van der Waals surface area contributed by atoms with Gasteiger partial charge >= 0.3 is 5.97 Å². The Bertz CT molecular complexity index is 589. The van der Waals surface area contributed by atoms with Crippen molar-refractivity contribution in [1.82, 2.24) is 0 Å². The fourth-order valence-corrected chi connectivity index (χ4v) is 1.69. The number of hydrogen-bond donors (Lipinski definition) is 1. The zero-order valence-corrected chi connectivity index (χ0v) is 9.63. The van der Waals surface area contributed by atoms with Gasteiger partial charge in [-0.15, -0.1) is 0 Å². The lowest BCUT2D eigenvalue weighted by atomic mass is 10.0. The second-order valence-corrected chi connectivity index (χ2v) is 3.80. The number of carbonyl (C=O) groups is 2. The summed E-state index contributed by atoms with van der Waals surface area (Å²) < 4.78 is 4.83. The van der Waals surface area contributed by atoms with Crippen LogP contribution in [0.1, 0.15) is 20.7 Å². The third-order valence-electron chi connectivity index (χ3n) is 2.56. The number of aldehydes is 1. The number of ether oxygens (including phenoxy) is 1. The van der Waals surface area contributed by atoms with Gasteiger partial charge in [0.2, 0.25) is 0 Å². The maximum absolute atomic E-state index is 11.6. The van der Waals surface area contributed by atoms with Crippen LogP contribution in [0.2, 0.25) is 0 Å². The van der Waals surface area contributed by atoms with Crippen molar-refractivity contribution in [2.45, 2.75) is 0 Å². The first-order valence-electron chi connectivity index (χ1n) is 5.51. The largest absolute Gasteiger partial charge is 0.460 e. The van der Waals surface area contributed by atoms with E-state index in [4.69, 9.17) is 9.84 Å². The highest BCUT2D eigenvalue weighted by molar-refractivity contribution is 5.96. The van der Waals surface area contributed by atoms with Crippen molar-refractivity contribution in [1.29, 1.82) is 0 Å². The maximum atomic E-state index is 11.6. The number of carbonyl (C=O) groups excluding carboxylic acids is 2. The molecule has 2 aromatic carbocycles. The number of aliphatic hydroxyl groups is 1. The zero-order chi connectivity index (χ0) is 13.0. The highest BCUT2D eigenvalue weighted by atomic mass is 16.5. The molecule has 0 aliphatic rings. The molecule has 2 rings (SSSR count). The van der Waals surface area contributed by atoms with Crippen LogP contribution in [-0.4, -0.2) is 30.6 Å². The van der Waals surface area contributed by atoms with Gasteiger partial charge in [0, 0.05) is 5.56 Å². The van der Waals surface area contributed by atoms with Crippen molar-refractivity contribution in [2.24, 2.45) is 0 Å². The lowest BCUT2D eigenvalue weighted by Crippen LogP contribution is -2.08. The predicted molar refractivity (Wildman–Crippen MR) is 66.7 cm³/mol. The topological polar surface area (TPSA) is 63.6 Å². The molecule has 1 N–H and O–H groups in total. The van der Waals surface area contributed by atoms with Crippen molar-refractivity contribution >= 4 is 23.0 Å². The molecule has 4 nitrogen and oxygen atoms in total. The summed E-state index contributed by atoms with van der Waals surface area (Å²) in [5, 5.41) is 10.3. The summed E-state index contributed by atoms with van der Waals surface area (Å²) in [5.74, 6) is -0.467. The van der Waals surface area contributed by atoms with Crippen LogP contribution in [0.15, 0.2) is 36.4 Å². The molecule has 0 radical (unpaired) electrons. The van der Waals surface area contributed by atoms with E-state index >= 15 is 0 Å². The second-order valence-electron chi connectivity index (χ2n) is 3.80. The molecule has 18 heavy (non-hydrogen) atoms. The molecule has 4 heteroatoms. The van der Waals surface area contributed by atoms with Crippen LogP contribution >= 0.6 is 0 Å². The van der Waals surface area contributed by atoms with E-state index in [1.807, 2.05) is 0 Å². The lowest BCUT2D eigenvalue weighted by molar-refractivity contribution is 0.0434. The normalized spacial score (nSPS) is 10.3. The average Bonchev–Trinajstić information content (AvgIpc) is 2.43. The van der Waals surface area contributed by atoms with Gasteiger partial charge in [0.25, 0.3) is 0 Å². The number of esters is 1. The minimum absolute atomic E-state index is 0.0129. The van der Waals surface area contributed by atoms with Crippen LogP contribution in [0.25, 0.3) is 10.8 Å². The van der Waals surface area contributed by atoms with Crippen LogP contribution in [0.5, 0.6) is 0 Å². The molecular formula is C14H12O4. The van der Waals surface area contributed by atoms with Crippen LogP contribution < -0.4 is 0 Å². The van der Waals surface area contributed by atoms with Gasteiger partial charge in [0.1, 0.15) is 12.9 Å². The van der Waals surface area contributed by atoms with E-state index in [0.29, 0.717) is 11.1 Å². The molecule has 0 saturated carbocycles. The van der Waals surface area contributed by atoms with Crippen molar-refractivity contribution in [3.05, 3.63) is 47.5 Å². The first-order valence-corrected chi connectivity index (χ1v) is 5.51. The Morgan fingerprint density at radius 1 is 1.17 bits per heavy atom. The molecule has 0 unspecified atom stereocenters. The maximum Gasteiger partial charge on any atom is 0.338 e. The van der Waals surface area contributed by atoms with Crippen molar-refractivity contribution in [3.8, 4) is 0 Å². The Kier molecular flexibility index (Phi) is 3.69. The predicted octanol–water partition coefficient (Wildman–Crippen LogP) is 1.80. The average molecular weight is 244 g/mol. The van der Waals surface area contributed by atoms with Crippen molar-refractivity contribution < 1.29 is 19.4 Å². The number of rotatable bonds is 4. The SMILES string of the molecule is O=Cc1ccc2cc(C(=O)OCCO)ccc2c1. The molecular weight excluding hydrogens is 232 g/mol. The summed E-state index contributed by atoms with van der Waals surface area (Å²) >= 11 is 0. The molecule has 0 fully saturated rings. The van der Waals surface area contributed by atoms with Gasteiger partial charge < -0.3 is 9.84 Å². The summed E-state index contributed by atoms with van der Waals surface area (Å²) in [5.41, 5.74) is 1.02. The molecule has 0 amide bonds. The summed E-state index contributed by atoms with van der Waals surface area (Å²) in [7, 11) is 0. The number of hydrogen-bond acceptors (Lipinski definition) is 4. The van der Waals surface area contributed by atoms with Crippen molar-refractivity contribution in [2.75, 3.05) is 13.2 Å². The van der Waals surface area contributed by atoms with E-state index < -0.39 is 5.97 Å². The highest BCUT2D eigenvalue weighted by Crippen LogP contribution is 2.18. The second kappa shape index (κ2) is 5.42. The van der Waals surface area contributed by atoms with Gasteiger partial charge in [-0.2, -0.15) is 0 Å². The van der Waals surface area contributed by atoms with E-state index in [1.54, 1.807) is 36.4 Å². The molecule has 0 aliphatic heterocycles. The van der Waals surface area contributed by atoms with Crippen LogP contribution in [0.4, 0.5) is 0 Å². The van der Waals surface area contributed by atoms with E-state index in [1.165, 1.54) is 0 Å². The fraction of sp³-hybridized carbons (Fsp3) is 0.143. The number of aliphatic hydroxyl groups excluding tert-OH is 1. The van der Waals surface area contributed by atoms with Gasteiger partial charge in [-0.3, -0.25) is 4.79 Å². The molecule has 0 heterocycles. The highest BCUT2D eigenvalue weighted by Gasteiger charge is 2.07. The summed E-state index contributed by atoms with van der Waals surface area (Å²) in [6, 6.07) is 10.3. The Labute approximate surface area is 104 Å². The first kappa shape index (κ1) is 12.3. The fourth-order valence-electron chi connectivity index (χ4n) is 1.69. The van der Waals surface area contributed by atoms with Gasteiger partial charge in [0.05, 0.1) is 12.2 Å². The van der Waals surface area contributed by atoms with Gasteiger partial charge in [-0.25, -0.2) is 4.79 Å². The van der Waals surface area contributed by atoms with E-state index in [-0.39, 0.29) is 13.2 Å². The molecule has 0 atom stereocenters. The standard InChI is InChI=1S/C14H12O4/c15-5-6-18-14(17)13-4-3-11-7-10(9-16)1-2-12(11)8-13/h1-4,7-9,15H,5-6H2. The summed E-state index contributed by atoms with van der Waals surface area (Å²) in [4.78, 5) is 22.2. The molecule has 0 aliphatic carbocycles. The van der Waals surface area contributed by atoms with E-state index in [2.05, 4.69) is 0 Å². The Balaban J connectivity index is 2.33. The third kappa shape index (κ3) is 2.55. The first-order chi connectivity index (χ1) is 8.74. The van der Waals surface area contributed by atoms with Crippen LogP contribution in [0, 0.1) is 0 Å². The van der Waals surface area contributed by atoms with E-state index in [9.17, 15) is 9.59 Å². The number of fused-ring (bicyclic) bond motifs is 1. The summed E-state index contributed by atoms with van der Waals surface area (Å²) in [6.07, 6.45) is 0.781. The molecule has 0 aromatic heterocycles. The number of benzene rings is 2.